The van der Waals surface area contributed by atoms with Gasteiger partial charge >= 0.3 is 0 Å². The van der Waals surface area contributed by atoms with Crippen LogP contribution < -0.4 is 0 Å². The lowest BCUT2D eigenvalue weighted by atomic mass is 10.0. The molecule has 1 fully saturated rings. The van der Waals surface area contributed by atoms with E-state index in [1.807, 2.05) is 24.7 Å². The van der Waals surface area contributed by atoms with Gasteiger partial charge in [0, 0.05) is 13.2 Å². The van der Waals surface area contributed by atoms with Crippen molar-refractivity contribution < 1.29 is 9.53 Å². The third-order valence-corrected chi connectivity index (χ3v) is 2.62. The van der Waals surface area contributed by atoms with E-state index in [1.165, 1.54) is 0 Å². The summed E-state index contributed by atoms with van der Waals surface area (Å²) >= 11 is 0. The van der Waals surface area contributed by atoms with Gasteiger partial charge in [-0.3, -0.25) is 0 Å². The molecule has 4 heteroatoms. The summed E-state index contributed by atoms with van der Waals surface area (Å²) in [7, 11) is 1.92. The van der Waals surface area contributed by atoms with Crippen molar-refractivity contribution in [3.8, 4) is 0 Å². The van der Waals surface area contributed by atoms with Crippen LogP contribution >= 0.6 is 0 Å². The molecule has 2 unspecified atom stereocenters. The van der Waals surface area contributed by atoms with Crippen molar-refractivity contribution in [1.29, 1.82) is 0 Å². The van der Waals surface area contributed by atoms with E-state index < -0.39 is 5.60 Å². The molecule has 76 valence electrons. The molecule has 0 N–H and O–H groups in total. The zero-order valence-corrected chi connectivity index (χ0v) is 8.43. The number of rotatable bonds is 2. The summed E-state index contributed by atoms with van der Waals surface area (Å²) in [5.41, 5.74) is 0.306. The van der Waals surface area contributed by atoms with Crippen LogP contribution in [0.2, 0.25) is 0 Å². The van der Waals surface area contributed by atoms with E-state index in [-0.39, 0.29) is 6.10 Å². The van der Waals surface area contributed by atoms with Crippen LogP contribution in [0, 0.1) is 0 Å². The number of carbonyl (C=O) groups is 1. The lowest BCUT2D eigenvalue weighted by Gasteiger charge is -2.16. The number of aryl methyl sites for hydroxylation is 1. The van der Waals surface area contributed by atoms with E-state index in [2.05, 4.69) is 4.98 Å². The number of nitrogens with zero attached hydrogens (tertiary/aromatic N) is 2. The molecule has 0 spiro atoms. The van der Waals surface area contributed by atoms with Crippen molar-refractivity contribution in [1.82, 2.24) is 9.55 Å². The summed E-state index contributed by atoms with van der Waals surface area (Å²) in [6, 6.07) is 0. The fourth-order valence-electron chi connectivity index (χ4n) is 1.75. The highest BCUT2D eigenvalue weighted by atomic mass is 16.5. The Morgan fingerprint density at radius 2 is 2.57 bits per heavy atom. The number of hydrogen-bond donors (Lipinski definition) is 0. The lowest BCUT2D eigenvalue weighted by molar-refractivity contribution is -0.127. The van der Waals surface area contributed by atoms with Crippen molar-refractivity contribution >= 4 is 6.29 Å². The average molecular weight is 194 g/mol. The minimum atomic E-state index is -0.609. The van der Waals surface area contributed by atoms with Crippen molar-refractivity contribution in [2.75, 3.05) is 0 Å². The van der Waals surface area contributed by atoms with E-state index in [0.29, 0.717) is 0 Å². The first-order valence-corrected chi connectivity index (χ1v) is 4.75. The third kappa shape index (κ3) is 1.57. The van der Waals surface area contributed by atoms with Gasteiger partial charge in [0.15, 0.2) is 6.29 Å². The SMILES string of the molecule is Cn1cnc(C2CCC(C)(C=O)O2)c1. The maximum atomic E-state index is 10.8. The molecule has 0 aliphatic carbocycles. The van der Waals surface area contributed by atoms with Crippen LogP contribution in [0.4, 0.5) is 0 Å². The first kappa shape index (κ1) is 9.40. The second-order valence-electron chi connectivity index (χ2n) is 4.04. The second-order valence-corrected chi connectivity index (χ2v) is 4.04. The smallest absolute Gasteiger partial charge is 0.151 e. The molecule has 2 atom stereocenters. The molecule has 0 bridgehead atoms. The Morgan fingerprint density at radius 1 is 1.79 bits per heavy atom. The van der Waals surface area contributed by atoms with Gasteiger partial charge in [-0.25, -0.2) is 4.98 Å². The van der Waals surface area contributed by atoms with Crippen LogP contribution in [0.25, 0.3) is 0 Å². The van der Waals surface area contributed by atoms with Gasteiger partial charge < -0.3 is 14.1 Å². The Balaban J connectivity index is 2.13. The Hall–Kier alpha value is -1.16. The molecule has 0 amide bonds. The third-order valence-electron chi connectivity index (χ3n) is 2.62. The summed E-state index contributed by atoms with van der Waals surface area (Å²) in [5, 5.41) is 0. The first-order chi connectivity index (χ1) is 6.63. The predicted octanol–water partition coefficient (Wildman–Crippen LogP) is 1.23. The van der Waals surface area contributed by atoms with Crippen LogP contribution in [-0.2, 0) is 16.6 Å². The Labute approximate surface area is 82.9 Å². The number of aromatic nitrogens is 2. The normalized spacial score (nSPS) is 32.0. The van der Waals surface area contributed by atoms with Crippen LogP contribution in [0.3, 0.4) is 0 Å². The maximum absolute atomic E-state index is 10.8. The van der Waals surface area contributed by atoms with Gasteiger partial charge in [0.05, 0.1) is 12.0 Å². The molecule has 2 rings (SSSR count). The fraction of sp³-hybridized carbons (Fsp3) is 0.600. The van der Waals surface area contributed by atoms with Crippen LogP contribution in [0.5, 0.6) is 0 Å². The van der Waals surface area contributed by atoms with Crippen LogP contribution in [0.1, 0.15) is 31.6 Å². The molecule has 14 heavy (non-hydrogen) atoms. The Kier molecular flexibility index (Phi) is 2.15. The Morgan fingerprint density at radius 3 is 3.07 bits per heavy atom. The number of aldehydes is 1. The van der Waals surface area contributed by atoms with Crippen molar-refractivity contribution in [3.63, 3.8) is 0 Å². The van der Waals surface area contributed by atoms with Crippen LogP contribution in [-0.4, -0.2) is 21.4 Å². The highest BCUT2D eigenvalue weighted by Crippen LogP contribution is 2.37. The largest absolute Gasteiger partial charge is 0.358 e. The molecular weight excluding hydrogens is 180 g/mol. The molecule has 0 aromatic carbocycles. The molecule has 2 heterocycles. The van der Waals surface area contributed by atoms with E-state index in [4.69, 9.17) is 4.74 Å². The topological polar surface area (TPSA) is 44.1 Å². The van der Waals surface area contributed by atoms with Crippen molar-refractivity contribution in [2.24, 2.45) is 7.05 Å². The zero-order chi connectivity index (χ0) is 10.2. The summed E-state index contributed by atoms with van der Waals surface area (Å²) in [6.45, 7) is 1.82. The van der Waals surface area contributed by atoms with E-state index in [1.54, 1.807) is 6.33 Å². The number of carbonyl (C=O) groups excluding carboxylic acids is 1. The number of hydrogen-bond acceptors (Lipinski definition) is 3. The molecule has 1 aliphatic heterocycles. The first-order valence-electron chi connectivity index (χ1n) is 4.75. The molecule has 0 radical (unpaired) electrons. The number of ether oxygens (including phenoxy) is 1. The van der Waals surface area contributed by atoms with Gasteiger partial charge in [0.25, 0.3) is 0 Å². The van der Waals surface area contributed by atoms with Crippen LogP contribution in [0.15, 0.2) is 12.5 Å². The highest BCUT2D eigenvalue weighted by molar-refractivity contribution is 5.62. The second kappa shape index (κ2) is 3.20. The summed E-state index contributed by atoms with van der Waals surface area (Å²) < 4.78 is 7.54. The van der Waals surface area contributed by atoms with E-state index in [0.717, 1.165) is 24.8 Å². The number of imidazole rings is 1. The zero-order valence-electron chi connectivity index (χ0n) is 8.43. The molecular formula is C10H14N2O2. The van der Waals surface area contributed by atoms with Crippen molar-refractivity contribution in [3.05, 3.63) is 18.2 Å². The summed E-state index contributed by atoms with van der Waals surface area (Å²) in [5.74, 6) is 0. The standard InChI is InChI=1S/C10H14N2O2/c1-10(6-13)4-3-9(14-10)8-5-12(2)7-11-8/h5-7,9H,3-4H2,1-2H3. The minimum absolute atomic E-state index is 0.0219. The molecule has 1 aromatic rings. The quantitative estimate of drug-likeness (QED) is 0.665. The fourth-order valence-corrected chi connectivity index (χ4v) is 1.75. The van der Waals surface area contributed by atoms with Gasteiger partial charge in [-0.1, -0.05) is 0 Å². The monoisotopic (exact) mass is 194 g/mol. The lowest BCUT2D eigenvalue weighted by Crippen LogP contribution is -2.24. The van der Waals surface area contributed by atoms with E-state index in [9.17, 15) is 4.79 Å². The summed E-state index contributed by atoms with van der Waals surface area (Å²) in [4.78, 5) is 15.0. The molecule has 1 aliphatic rings. The maximum Gasteiger partial charge on any atom is 0.151 e. The highest BCUT2D eigenvalue weighted by Gasteiger charge is 2.37. The summed E-state index contributed by atoms with van der Waals surface area (Å²) in [6.07, 6.45) is 6.18. The average Bonchev–Trinajstić information content (AvgIpc) is 2.73. The van der Waals surface area contributed by atoms with Gasteiger partial charge in [-0.2, -0.15) is 0 Å². The predicted molar refractivity (Wildman–Crippen MR) is 50.7 cm³/mol. The molecule has 0 saturated carbocycles. The molecule has 1 aromatic heterocycles. The van der Waals surface area contributed by atoms with Gasteiger partial charge in [-0.15, -0.1) is 0 Å². The van der Waals surface area contributed by atoms with Gasteiger partial charge in [0.2, 0.25) is 0 Å². The van der Waals surface area contributed by atoms with Gasteiger partial charge in [0.1, 0.15) is 11.7 Å². The minimum Gasteiger partial charge on any atom is -0.358 e. The molecule has 1 saturated heterocycles. The van der Waals surface area contributed by atoms with Gasteiger partial charge in [-0.05, 0) is 19.8 Å². The molecule has 4 nitrogen and oxygen atoms in total. The van der Waals surface area contributed by atoms with E-state index >= 15 is 0 Å². The van der Waals surface area contributed by atoms with Crippen molar-refractivity contribution in [2.45, 2.75) is 31.5 Å². The Bertz CT molecular complexity index is 348.